The van der Waals surface area contributed by atoms with Crippen LogP contribution in [0.1, 0.15) is 15.4 Å². The van der Waals surface area contributed by atoms with Gasteiger partial charge < -0.3 is 14.5 Å². The lowest BCUT2D eigenvalue weighted by Gasteiger charge is -2.35. The van der Waals surface area contributed by atoms with Crippen molar-refractivity contribution in [3.05, 3.63) is 46.4 Å². The first-order valence-corrected chi connectivity index (χ1v) is 9.04. The molecule has 3 aromatic rings. The molecule has 25 heavy (non-hydrogen) atoms. The minimum Gasteiger partial charge on any atom is -0.378 e. The molecule has 0 bridgehead atoms. The Labute approximate surface area is 149 Å². The van der Waals surface area contributed by atoms with Gasteiger partial charge in [0.15, 0.2) is 5.65 Å². The van der Waals surface area contributed by atoms with Crippen molar-refractivity contribution in [3.63, 3.8) is 0 Å². The van der Waals surface area contributed by atoms with Gasteiger partial charge in [-0.15, -0.1) is 11.3 Å². The number of rotatable bonds is 4. The number of nitrogens with zero attached hydrogens (tertiary/aromatic N) is 5. The second-order valence-corrected chi connectivity index (χ2v) is 6.84. The summed E-state index contributed by atoms with van der Waals surface area (Å²) < 4.78 is 7.07. The second kappa shape index (κ2) is 6.81. The molecule has 1 aliphatic heterocycles. The van der Waals surface area contributed by atoms with E-state index in [0.717, 1.165) is 35.1 Å². The number of anilines is 1. The van der Waals surface area contributed by atoms with Crippen LogP contribution in [0.15, 0.2) is 35.8 Å². The summed E-state index contributed by atoms with van der Waals surface area (Å²) in [5.74, 6) is 1.11. The molecule has 0 saturated carbocycles. The molecule has 130 valence electrons. The summed E-state index contributed by atoms with van der Waals surface area (Å²) in [4.78, 5) is 22.0. The number of carbonyl (C=O) groups excluding carboxylic acids is 1. The van der Waals surface area contributed by atoms with Crippen LogP contribution in [-0.4, -0.2) is 58.7 Å². The van der Waals surface area contributed by atoms with Crippen LogP contribution in [0, 0.1) is 0 Å². The maximum Gasteiger partial charge on any atom is 0.264 e. The number of fused-ring (bicyclic) bond motifs is 1. The number of thiophene rings is 1. The molecular weight excluding hydrogens is 338 g/mol. The van der Waals surface area contributed by atoms with Gasteiger partial charge in [-0.3, -0.25) is 4.79 Å². The number of methoxy groups -OCH3 is 1. The van der Waals surface area contributed by atoms with Crippen molar-refractivity contribution in [1.82, 2.24) is 19.5 Å². The van der Waals surface area contributed by atoms with Gasteiger partial charge in [0, 0.05) is 45.4 Å². The predicted molar refractivity (Wildman–Crippen MR) is 96.1 cm³/mol. The van der Waals surface area contributed by atoms with Crippen LogP contribution in [0.4, 0.5) is 5.82 Å². The quantitative estimate of drug-likeness (QED) is 0.714. The minimum atomic E-state index is 0.119. The molecule has 0 unspecified atom stereocenters. The average molecular weight is 357 g/mol. The molecular formula is C17H19N5O2S. The highest BCUT2D eigenvalue weighted by Crippen LogP contribution is 2.21. The molecule has 0 aliphatic carbocycles. The van der Waals surface area contributed by atoms with Gasteiger partial charge in [-0.05, 0) is 11.4 Å². The van der Waals surface area contributed by atoms with Crippen molar-refractivity contribution < 1.29 is 9.53 Å². The fourth-order valence-electron chi connectivity index (χ4n) is 3.09. The van der Waals surface area contributed by atoms with Gasteiger partial charge in [-0.25, -0.2) is 4.98 Å². The summed E-state index contributed by atoms with van der Waals surface area (Å²) in [5, 5.41) is 6.32. The zero-order valence-electron chi connectivity index (χ0n) is 14.0. The highest BCUT2D eigenvalue weighted by molar-refractivity contribution is 7.12. The van der Waals surface area contributed by atoms with Crippen molar-refractivity contribution in [3.8, 4) is 0 Å². The van der Waals surface area contributed by atoms with Crippen LogP contribution >= 0.6 is 11.3 Å². The molecule has 0 aromatic carbocycles. The summed E-state index contributed by atoms with van der Waals surface area (Å²) in [5.41, 5.74) is 1.68. The molecule has 8 heteroatoms. The van der Waals surface area contributed by atoms with E-state index < -0.39 is 0 Å². The van der Waals surface area contributed by atoms with Gasteiger partial charge in [0.25, 0.3) is 5.91 Å². The average Bonchev–Trinajstić information content (AvgIpc) is 3.32. The van der Waals surface area contributed by atoms with Crippen molar-refractivity contribution in [2.75, 3.05) is 38.2 Å². The topological polar surface area (TPSA) is 63.0 Å². The lowest BCUT2D eigenvalue weighted by molar-refractivity contribution is 0.0751. The molecule has 3 aromatic heterocycles. The van der Waals surface area contributed by atoms with E-state index in [0.29, 0.717) is 19.7 Å². The Morgan fingerprint density at radius 3 is 2.84 bits per heavy atom. The number of aromatic nitrogens is 3. The maximum atomic E-state index is 12.5. The Bertz CT molecular complexity index is 868. The van der Waals surface area contributed by atoms with E-state index in [4.69, 9.17) is 4.74 Å². The largest absolute Gasteiger partial charge is 0.378 e. The van der Waals surface area contributed by atoms with Gasteiger partial charge in [-0.1, -0.05) is 6.07 Å². The summed E-state index contributed by atoms with van der Waals surface area (Å²) >= 11 is 1.49. The molecule has 0 spiro atoms. The number of piperazine rings is 1. The molecule has 0 radical (unpaired) electrons. The van der Waals surface area contributed by atoms with Crippen molar-refractivity contribution in [1.29, 1.82) is 0 Å². The van der Waals surface area contributed by atoms with E-state index in [9.17, 15) is 4.79 Å². The first kappa shape index (κ1) is 16.0. The van der Waals surface area contributed by atoms with Crippen LogP contribution in [0.3, 0.4) is 0 Å². The Hall–Kier alpha value is -2.45. The van der Waals surface area contributed by atoms with Gasteiger partial charge in [-0.2, -0.15) is 9.61 Å². The molecule has 4 heterocycles. The minimum absolute atomic E-state index is 0.119. The Morgan fingerprint density at radius 1 is 1.28 bits per heavy atom. The molecule has 1 saturated heterocycles. The highest BCUT2D eigenvalue weighted by atomic mass is 32.1. The number of hydrogen-bond acceptors (Lipinski definition) is 6. The maximum absolute atomic E-state index is 12.5. The van der Waals surface area contributed by atoms with Gasteiger partial charge in [0.1, 0.15) is 5.82 Å². The smallest absolute Gasteiger partial charge is 0.264 e. The van der Waals surface area contributed by atoms with E-state index in [1.807, 2.05) is 39.1 Å². The standard InChI is InChI=1S/C17H19N5O2S/c1-24-12-13-11-16(22-15(19-13)4-5-18-22)20-6-8-21(9-7-20)17(23)14-3-2-10-25-14/h2-5,10-11H,6-9,12H2,1H3. The van der Waals surface area contributed by atoms with Crippen LogP contribution in [0.5, 0.6) is 0 Å². The normalized spacial score (nSPS) is 15.1. The molecule has 1 aliphatic rings. The fraction of sp³-hybridized carbons (Fsp3) is 0.353. The zero-order chi connectivity index (χ0) is 17.2. The lowest BCUT2D eigenvalue weighted by atomic mass is 10.2. The molecule has 4 rings (SSSR count). The Morgan fingerprint density at radius 2 is 2.12 bits per heavy atom. The SMILES string of the molecule is COCc1cc(N2CCN(C(=O)c3cccs3)CC2)n2nccc2n1. The van der Waals surface area contributed by atoms with E-state index in [1.165, 1.54) is 11.3 Å². The van der Waals surface area contributed by atoms with Gasteiger partial charge in [0.2, 0.25) is 0 Å². The van der Waals surface area contributed by atoms with E-state index >= 15 is 0 Å². The summed E-state index contributed by atoms with van der Waals surface area (Å²) in [6.07, 6.45) is 1.75. The second-order valence-electron chi connectivity index (χ2n) is 5.90. The number of amides is 1. The third-order valence-corrected chi connectivity index (χ3v) is 5.17. The molecule has 0 atom stereocenters. The molecule has 7 nitrogen and oxygen atoms in total. The van der Waals surface area contributed by atoms with Crippen LogP contribution < -0.4 is 4.90 Å². The third kappa shape index (κ3) is 3.10. The van der Waals surface area contributed by atoms with E-state index in [2.05, 4.69) is 15.0 Å². The van der Waals surface area contributed by atoms with E-state index in [-0.39, 0.29) is 5.91 Å². The number of carbonyl (C=O) groups is 1. The first-order valence-electron chi connectivity index (χ1n) is 8.16. The van der Waals surface area contributed by atoms with Crippen molar-refractivity contribution >= 4 is 28.7 Å². The number of ether oxygens (including phenoxy) is 1. The van der Waals surface area contributed by atoms with Crippen molar-refractivity contribution in [2.24, 2.45) is 0 Å². The predicted octanol–water partition coefficient (Wildman–Crippen LogP) is 1.90. The summed E-state index contributed by atoms with van der Waals surface area (Å²) in [6, 6.07) is 7.70. The molecule has 1 fully saturated rings. The van der Waals surface area contributed by atoms with Crippen molar-refractivity contribution in [2.45, 2.75) is 6.61 Å². The Kier molecular flexibility index (Phi) is 4.37. The fourth-order valence-corrected chi connectivity index (χ4v) is 3.78. The van der Waals surface area contributed by atoms with Crippen LogP contribution in [0.25, 0.3) is 5.65 Å². The van der Waals surface area contributed by atoms with Crippen LogP contribution in [0.2, 0.25) is 0 Å². The van der Waals surface area contributed by atoms with Gasteiger partial charge in [0.05, 0.1) is 23.4 Å². The zero-order valence-corrected chi connectivity index (χ0v) is 14.8. The Balaban J connectivity index is 1.53. The monoisotopic (exact) mass is 357 g/mol. The summed E-state index contributed by atoms with van der Waals surface area (Å²) in [7, 11) is 1.66. The molecule has 0 N–H and O–H groups in total. The van der Waals surface area contributed by atoms with Crippen LogP contribution in [-0.2, 0) is 11.3 Å². The first-order chi connectivity index (χ1) is 12.3. The van der Waals surface area contributed by atoms with E-state index in [1.54, 1.807) is 13.3 Å². The number of hydrogen-bond donors (Lipinski definition) is 0. The van der Waals surface area contributed by atoms with Gasteiger partial charge >= 0.3 is 0 Å². The molecule has 1 amide bonds. The lowest BCUT2D eigenvalue weighted by Crippen LogP contribution is -2.49. The highest BCUT2D eigenvalue weighted by Gasteiger charge is 2.24. The third-order valence-electron chi connectivity index (χ3n) is 4.31. The summed E-state index contributed by atoms with van der Waals surface area (Å²) in [6.45, 7) is 3.39.